The molecule has 0 unspecified atom stereocenters. The lowest BCUT2D eigenvalue weighted by atomic mass is 9.92. The SMILES string of the molecule is C=C(C)C(=O)C(C)(C)OCCC(C)(C)C. The molecule has 0 aromatic carbocycles. The summed E-state index contributed by atoms with van der Waals surface area (Å²) in [6, 6.07) is 0. The minimum absolute atomic E-state index is 0.0172. The molecule has 0 aromatic heterocycles. The Kier molecular flexibility index (Phi) is 4.72. The highest BCUT2D eigenvalue weighted by molar-refractivity contribution is 6.00. The molecule has 0 aliphatic heterocycles. The van der Waals surface area contributed by atoms with E-state index in [4.69, 9.17) is 4.74 Å². The van der Waals surface area contributed by atoms with Crippen molar-refractivity contribution in [3.05, 3.63) is 12.2 Å². The van der Waals surface area contributed by atoms with Crippen LogP contribution in [0.5, 0.6) is 0 Å². The monoisotopic (exact) mass is 212 g/mol. The maximum atomic E-state index is 11.7. The predicted octanol–water partition coefficient (Wildman–Crippen LogP) is 3.36. The van der Waals surface area contributed by atoms with Gasteiger partial charge in [0.25, 0.3) is 0 Å². The fourth-order valence-electron chi connectivity index (χ4n) is 1.19. The molecule has 0 amide bonds. The molecule has 0 heterocycles. The van der Waals surface area contributed by atoms with Crippen LogP contribution in [0.4, 0.5) is 0 Å². The first-order chi connectivity index (χ1) is 6.56. The largest absolute Gasteiger partial charge is 0.367 e. The molecule has 0 N–H and O–H groups in total. The van der Waals surface area contributed by atoms with Crippen LogP contribution >= 0.6 is 0 Å². The zero-order valence-corrected chi connectivity index (χ0v) is 10.9. The molecule has 0 aliphatic rings. The summed E-state index contributed by atoms with van der Waals surface area (Å²) in [6.45, 7) is 16.0. The van der Waals surface area contributed by atoms with E-state index in [9.17, 15) is 4.79 Å². The highest BCUT2D eigenvalue weighted by Gasteiger charge is 2.28. The summed E-state index contributed by atoms with van der Waals surface area (Å²) < 4.78 is 5.62. The highest BCUT2D eigenvalue weighted by Crippen LogP contribution is 2.21. The molecule has 0 aliphatic carbocycles. The second-order valence-electron chi connectivity index (χ2n) is 5.78. The molecule has 88 valence electrons. The number of Topliss-reactive ketones (excluding diaryl/α,β-unsaturated/α-hetero) is 1. The van der Waals surface area contributed by atoms with Crippen LogP contribution in [0.2, 0.25) is 0 Å². The van der Waals surface area contributed by atoms with Gasteiger partial charge in [0.05, 0.1) is 0 Å². The van der Waals surface area contributed by atoms with Crippen molar-refractivity contribution in [3.8, 4) is 0 Å². The lowest BCUT2D eigenvalue weighted by Crippen LogP contribution is -2.36. The second kappa shape index (κ2) is 4.93. The Hall–Kier alpha value is -0.630. The summed E-state index contributed by atoms with van der Waals surface area (Å²) in [5.41, 5.74) is 0.0511. The molecule has 0 radical (unpaired) electrons. The van der Waals surface area contributed by atoms with Gasteiger partial charge in [0.2, 0.25) is 0 Å². The molecule has 2 heteroatoms. The smallest absolute Gasteiger partial charge is 0.189 e. The molecule has 0 fully saturated rings. The first-order valence-corrected chi connectivity index (χ1v) is 5.40. The quantitative estimate of drug-likeness (QED) is 0.653. The summed E-state index contributed by atoms with van der Waals surface area (Å²) in [4.78, 5) is 11.7. The summed E-state index contributed by atoms with van der Waals surface area (Å²) in [5, 5.41) is 0. The first kappa shape index (κ1) is 14.4. The molecule has 0 saturated carbocycles. The van der Waals surface area contributed by atoms with Gasteiger partial charge in [-0.05, 0) is 38.2 Å². The van der Waals surface area contributed by atoms with Crippen LogP contribution in [0.1, 0.15) is 48.0 Å². The number of ether oxygens (including phenoxy) is 1. The van der Waals surface area contributed by atoms with Crippen LogP contribution in [0.15, 0.2) is 12.2 Å². The third-order valence-corrected chi connectivity index (χ3v) is 2.25. The van der Waals surface area contributed by atoms with Crippen LogP contribution < -0.4 is 0 Å². The lowest BCUT2D eigenvalue weighted by molar-refractivity contribution is -0.137. The topological polar surface area (TPSA) is 26.3 Å². The van der Waals surface area contributed by atoms with Crippen molar-refractivity contribution in [2.45, 2.75) is 53.6 Å². The van der Waals surface area contributed by atoms with Crippen LogP contribution in [0.25, 0.3) is 0 Å². The molecule has 15 heavy (non-hydrogen) atoms. The zero-order chi connectivity index (χ0) is 12.3. The van der Waals surface area contributed by atoms with E-state index in [2.05, 4.69) is 27.4 Å². The molecule has 0 atom stereocenters. The average Bonchev–Trinajstić information content (AvgIpc) is 1.99. The highest BCUT2D eigenvalue weighted by atomic mass is 16.5. The predicted molar refractivity (Wildman–Crippen MR) is 63.9 cm³/mol. The van der Waals surface area contributed by atoms with E-state index in [0.29, 0.717) is 12.2 Å². The first-order valence-electron chi connectivity index (χ1n) is 5.40. The van der Waals surface area contributed by atoms with E-state index in [1.807, 2.05) is 0 Å². The van der Waals surface area contributed by atoms with E-state index in [-0.39, 0.29) is 11.2 Å². The molecular formula is C13H24O2. The summed E-state index contributed by atoms with van der Waals surface area (Å²) in [7, 11) is 0. The Bertz CT molecular complexity index is 244. The van der Waals surface area contributed by atoms with Gasteiger partial charge in [-0.3, -0.25) is 4.79 Å². The van der Waals surface area contributed by atoms with Crippen molar-refractivity contribution >= 4 is 5.78 Å². The Balaban J connectivity index is 4.17. The average molecular weight is 212 g/mol. The van der Waals surface area contributed by atoms with E-state index in [0.717, 1.165) is 6.42 Å². The van der Waals surface area contributed by atoms with Gasteiger partial charge in [0.1, 0.15) is 5.60 Å². The Morgan fingerprint density at radius 2 is 1.67 bits per heavy atom. The van der Waals surface area contributed by atoms with Crippen molar-refractivity contribution in [1.29, 1.82) is 0 Å². The number of hydrogen-bond donors (Lipinski definition) is 0. The maximum Gasteiger partial charge on any atom is 0.189 e. The van der Waals surface area contributed by atoms with E-state index in [1.54, 1.807) is 20.8 Å². The number of rotatable bonds is 5. The molecular weight excluding hydrogens is 188 g/mol. The van der Waals surface area contributed by atoms with Crippen molar-refractivity contribution in [3.63, 3.8) is 0 Å². The molecule has 0 saturated heterocycles. The number of hydrogen-bond acceptors (Lipinski definition) is 2. The maximum absolute atomic E-state index is 11.7. The van der Waals surface area contributed by atoms with Crippen LogP contribution in [0.3, 0.4) is 0 Å². The summed E-state index contributed by atoms with van der Waals surface area (Å²) in [6.07, 6.45) is 0.944. The minimum Gasteiger partial charge on any atom is -0.367 e. The van der Waals surface area contributed by atoms with Crippen LogP contribution in [-0.2, 0) is 9.53 Å². The Morgan fingerprint density at radius 1 is 1.20 bits per heavy atom. The van der Waals surface area contributed by atoms with Crippen LogP contribution in [0, 0.1) is 5.41 Å². The Labute approximate surface area is 93.7 Å². The van der Waals surface area contributed by atoms with Crippen molar-refractivity contribution in [2.75, 3.05) is 6.61 Å². The standard InChI is InChI=1S/C13H24O2/c1-10(2)11(14)13(6,7)15-9-8-12(3,4)5/h1,8-9H2,2-7H3. The fourth-order valence-corrected chi connectivity index (χ4v) is 1.19. The van der Waals surface area contributed by atoms with Gasteiger partial charge in [-0.1, -0.05) is 27.4 Å². The molecule has 0 rings (SSSR count). The molecule has 0 spiro atoms. The molecule has 0 bridgehead atoms. The minimum atomic E-state index is -0.739. The molecule has 0 aromatic rings. The van der Waals surface area contributed by atoms with E-state index >= 15 is 0 Å². The van der Waals surface area contributed by atoms with Gasteiger partial charge in [0.15, 0.2) is 5.78 Å². The number of ketones is 1. The van der Waals surface area contributed by atoms with Gasteiger partial charge in [-0.25, -0.2) is 0 Å². The summed E-state index contributed by atoms with van der Waals surface area (Å²) in [5.74, 6) is -0.0172. The normalized spacial score (nSPS) is 12.7. The molecule has 2 nitrogen and oxygen atoms in total. The van der Waals surface area contributed by atoms with Crippen LogP contribution in [-0.4, -0.2) is 18.0 Å². The zero-order valence-electron chi connectivity index (χ0n) is 10.9. The second-order valence-corrected chi connectivity index (χ2v) is 5.78. The van der Waals surface area contributed by atoms with Gasteiger partial charge in [0, 0.05) is 6.61 Å². The Morgan fingerprint density at radius 3 is 2.00 bits per heavy atom. The van der Waals surface area contributed by atoms with E-state index < -0.39 is 5.60 Å². The third-order valence-electron chi connectivity index (χ3n) is 2.25. The van der Waals surface area contributed by atoms with Crippen molar-refractivity contribution in [1.82, 2.24) is 0 Å². The number of carbonyl (C=O) groups excluding carboxylic acids is 1. The van der Waals surface area contributed by atoms with Crippen molar-refractivity contribution in [2.24, 2.45) is 5.41 Å². The van der Waals surface area contributed by atoms with Gasteiger partial charge < -0.3 is 4.74 Å². The van der Waals surface area contributed by atoms with Crippen molar-refractivity contribution < 1.29 is 9.53 Å². The third kappa shape index (κ3) is 5.73. The van der Waals surface area contributed by atoms with E-state index in [1.165, 1.54) is 0 Å². The van der Waals surface area contributed by atoms with Gasteiger partial charge >= 0.3 is 0 Å². The van der Waals surface area contributed by atoms with Gasteiger partial charge in [-0.15, -0.1) is 0 Å². The number of carbonyl (C=O) groups is 1. The fraction of sp³-hybridized carbons (Fsp3) is 0.769. The lowest BCUT2D eigenvalue weighted by Gasteiger charge is -2.26. The van der Waals surface area contributed by atoms with Gasteiger partial charge in [-0.2, -0.15) is 0 Å². The summed E-state index contributed by atoms with van der Waals surface area (Å²) >= 11 is 0.